The van der Waals surface area contributed by atoms with Crippen LogP contribution in [0.15, 0.2) is 48.5 Å². The molecule has 1 aliphatic rings. The zero-order chi connectivity index (χ0) is 14.7. The SMILES string of the molecule is NCCN(Cc1ccccc1)C1CCc2cc(F)ccc21. The summed E-state index contributed by atoms with van der Waals surface area (Å²) in [4.78, 5) is 2.42. The minimum Gasteiger partial charge on any atom is -0.329 e. The molecule has 0 fully saturated rings. The molecule has 2 N–H and O–H groups in total. The van der Waals surface area contributed by atoms with Crippen LogP contribution >= 0.6 is 0 Å². The summed E-state index contributed by atoms with van der Waals surface area (Å²) in [5.41, 5.74) is 9.50. The van der Waals surface area contributed by atoms with E-state index in [4.69, 9.17) is 5.73 Å². The quantitative estimate of drug-likeness (QED) is 0.913. The normalized spacial score (nSPS) is 17.2. The minimum absolute atomic E-state index is 0.136. The summed E-state index contributed by atoms with van der Waals surface area (Å²) in [5, 5.41) is 0. The zero-order valence-corrected chi connectivity index (χ0v) is 12.1. The predicted octanol–water partition coefficient (Wildman–Crippen LogP) is 3.27. The highest BCUT2D eigenvalue weighted by Crippen LogP contribution is 2.36. The maximum atomic E-state index is 13.4. The second-order valence-corrected chi connectivity index (χ2v) is 5.64. The van der Waals surface area contributed by atoms with Crippen LogP contribution in [-0.4, -0.2) is 18.0 Å². The van der Waals surface area contributed by atoms with Crippen LogP contribution in [0.25, 0.3) is 0 Å². The van der Waals surface area contributed by atoms with Gasteiger partial charge < -0.3 is 5.73 Å². The molecule has 0 aliphatic heterocycles. The van der Waals surface area contributed by atoms with Gasteiger partial charge in [-0.05, 0) is 41.7 Å². The number of benzene rings is 2. The number of nitrogens with zero attached hydrogens (tertiary/aromatic N) is 1. The van der Waals surface area contributed by atoms with E-state index in [1.165, 1.54) is 11.1 Å². The highest BCUT2D eigenvalue weighted by atomic mass is 19.1. The van der Waals surface area contributed by atoms with Crippen molar-refractivity contribution in [2.45, 2.75) is 25.4 Å². The van der Waals surface area contributed by atoms with Crippen LogP contribution in [0.1, 0.15) is 29.2 Å². The van der Waals surface area contributed by atoms with Crippen molar-refractivity contribution >= 4 is 0 Å². The third-order valence-corrected chi connectivity index (χ3v) is 4.24. The Morgan fingerprint density at radius 2 is 1.95 bits per heavy atom. The first-order valence-corrected chi connectivity index (χ1v) is 7.54. The lowest BCUT2D eigenvalue weighted by Crippen LogP contribution is -2.32. The van der Waals surface area contributed by atoms with Crippen LogP contribution in [0.2, 0.25) is 0 Å². The van der Waals surface area contributed by atoms with Gasteiger partial charge in [-0.3, -0.25) is 4.90 Å². The van der Waals surface area contributed by atoms with Gasteiger partial charge in [0.2, 0.25) is 0 Å². The van der Waals surface area contributed by atoms with Crippen LogP contribution < -0.4 is 5.73 Å². The highest BCUT2D eigenvalue weighted by molar-refractivity contribution is 5.35. The van der Waals surface area contributed by atoms with Gasteiger partial charge in [-0.15, -0.1) is 0 Å². The van der Waals surface area contributed by atoms with Crippen molar-refractivity contribution in [3.63, 3.8) is 0 Å². The average molecular weight is 284 g/mol. The molecule has 0 radical (unpaired) electrons. The largest absolute Gasteiger partial charge is 0.329 e. The van der Waals surface area contributed by atoms with E-state index in [0.29, 0.717) is 12.6 Å². The first kappa shape index (κ1) is 14.2. The van der Waals surface area contributed by atoms with Gasteiger partial charge >= 0.3 is 0 Å². The Morgan fingerprint density at radius 1 is 1.14 bits per heavy atom. The van der Waals surface area contributed by atoms with E-state index in [1.807, 2.05) is 12.1 Å². The zero-order valence-electron chi connectivity index (χ0n) is 12.1. The van der Waals surface area contributed by atoms with Gasteiger partial charge in [0.1, 0.15) is 5.82 Å². The monoisotopic (exact) mass is 284 g/mol. The van der Waals surface area contributed by atoms with E-state index in [1.54, 1.807) is 12.1 Å². The molecule has 0 spiro atoms. The van der Waals surface area contributed by atoms with Crippen molar-refractivity contribution in [3.8, 4) is 0 Å². The summed E-state index contributed by atoms with van der Waals surface area (Å²) in [6.07, 6.45) is 2.00. The molecule has 21 heavy (non-hydrogen) atoms. The fraction of sp³-hybridized carbons (Fsp3) is 0.333. The van der Waals surface area contributed by atoms with Crippen LogP contribution in [0, 0.1) is 5.82 Å². The molecule has 110 valence electrons. The Labute approximate surface area is 125 Å². The smallest absolute Gasteiger partial charge is 0.123 e. The van der Waals surface area contributed by atoms with E-state index in [2.05, 4.69) is 29.2 Å². The van der Waals surface area contributed by atoms with Crippen molar-refractivity contribution in [2.24, 2.45) is 5.73 Å². The van der Waals surface area contributed by atoms with Crippen molar-refractivity contribution in [1.82, 2.24) is 4.90 Å². The lowest BCUT2D eigenvalue weighted by molar-refractivity contribution is 0.193. The fourth-order valence-electron chi connectivity index (χ4n) is 3.27. The molecule has 1 atom stereocenters. The molecule has 0 bridgehead atoms. The Kier molecular flexibility index (Phi) is 4.32. The Bertz CT molecular complexity index is 597. The average Bonchev–Trinajstić information content (AvgIpc) is 2.90. The standard InChI is InChI=1S/C18H21FN2/c19-16-7-8-17-15(12-16)6-9-18(17)21(11-10-20)13-14-4-2-1-3-5-14/h1-5,7-8,12,18H,6,9-11,13,20H2. The number of hydrogen-bond acceptors (Lipinski definition) is 2. The molecule has 1 unspecified atom stereocenters. The molecular formula is C18H21FN2. The van der Waals surface area contributed by atoms with E-state index in [-0.39, 0.29) is 5.82 Å². The molecular weight excluding hydrogens is 263 g/mol. The molecule has 2 aromatic carbocycles. The van der Waals surface area contributed by atoms with E-state index in [9.17, 15) is 4.39 Å². The second kappa shape index (κ2) is 6.37. The van der Waals surface area contributed by atoms with Crippen molar-refractivity contribution in [1.29, 1.82) is 0 Å². The molecule has 0 heterocycles. The van der Waals surface area contributed by atoms with Crippen LogP contribution in [0.3, 0.4) is 0 Å². The molecule has 0 saturated carbocycles. The second-order valence-electron chi connectivity index (χ2n) is 5.64. The Balaban J connectivity index is 1.83. The fourth-order valence-corrected chi connectivity index (χ4v) is 3.27. The minimum atomic E-state index is -0.136. The number of aryl methyl sites for hydroxylation is 1. The molecule has 2 nitrogen and oxygen atoms in total. The summed E-state index contributed by atoms with van der Waals surface area (Å²) in [7, 11) is 0. The van der Waals surface area contributed by atoms with Crippen LogP contribution in [0.5, 0.6) is 0 Å². The first-order valence-electron chi connectivity index (χ1n) is 7.54. The number of nitrogens with two attached hydrogens (primary N) is 1. The van der Waals surface area contributed by atoms with Crippen molar-refractivity contribution < 1.29 is 4.39 Å². The third-order valence-electron chi connectivity index (χ3n) is 4.24. The number of fused-ring (bicyclic) bond motifs is 1. The summed E-state index contributed by atoms with van der Waals surface area (Å²) in [5.74, 6) is -0.136. The van der Waals surface area contributed by atoms with Gasteiger partial charge in [0.25, 0.3) is 0 Å². The predicted molar refractivity (Wildman–Crippen MR) is 83.4 cm³/mol. The molecule has 0 aromatic heterocycles. The summed E-state index contributed by atoms with van der Waals surface area (Å²) >= 11 is 0. The van der Waals surface area contributed by atoms with Crippen molar-refractivity contribution in [2.75, 3.05) is 13.1 Å². The Morgan fingerprint density at radius 3 is 2.71 bits per heavy atom. The summed E-state index contributed by atoms with van der Waals surface area (Å²) < 4.78 is 13.4. The molecule has 3 rings (SSSR count). The van der Waals surface area contributed by atoms with Gasteiger partial charge in [-0.1, -0.05) is 36.4 Å². The lowest BCUT2D eigenvalue weighted by atomic mass is 10.1. The van der Waals surface area contributed by atoms with E-state index >= 15 is 0 Å². The molecule has 3 heteroatoms. The topological polar surface area (TPSA) is 29.3 Å². The van der Waals surface area contributed by atoms with E-state index in [0.717, 1.165) is 31.5 Å². The lowest BCUT2D eigenvalue weighted by Gasteiger charge is -2.29. The summed E-state index contributed by atoms with van der Waals surface area (Å²) in [6.45, 7) is 2.38. The number of hydrogen-bond donors (Lipinski definition) is 1. The molecule has 0 amide bonds. The van der Waals surface area contributed by atoms with Crippen molar-refractivity contribution in [3.05, 3.63) is 71.0 Å². The maximum absolute atomic E-state index is 13.4. The van der Waals surface area contributed by atoms with Crippen LogP contribution in [0.4, 0.5) is 4.39 Å². The maximum Gasteiger partial charge on any atom is 0.123 e. The van der Waals surface area contributed by atoms with E-state index < -0.39 is 0 Å². The van der Waals surface area contributed by atoms with Gasteiger partial charge in [0, 0.05) is 25.7 Å². The first-order chi connectivity index (χ1) is 10.3. The number of halogens is 1. The Hall–Kier alpha value is -1.71. The number of rotatable bonds is 5. The molecule has 2 aromatic rings. The molecule has 1 aliphatic carbocycles. The van der Waals surface area contributed by atoms with Crippen LogP contribution in [-0.2, 0) is 13.0 Å². The summed E-state index contributed by atoms with van der Waals surface area (Å²) in [6, 6.07) is 16.0. The van der Waals surface area contributed by atoms with Gasteiger partial charge in [-0.2, -0.15) is 0 Å². The molecule has 0 saturated heterocycles. The van der Waals surface area contributed by atoms with Gasteiger partial charge in [0.05, 0.1) is 0 Å². The highest BCUT2D eigenvalue weighted by Gasteiger charge is 2.27. The third kappa shape index (κ3) is 3.14. The van der Waals surface area contributed by atoms with Gasteiger partial charge in [0.15, 0.2) is 0 Å². The van der Waals surface area contributed by atoms with Gasteiger partial charge in [-0.25, -0.2) is 4.39 Å².